The molecule has 1 aromatic heterocycles. The molecule has 0 bridgehead atoms. The van der Waals surface area contributed by atoms with E-state index >= 15 is 0 Å². The number of rotatable bonds is 9. The molecule has 9 nitrogen and oxygen atoms in total. The SMILES string of the molecule is O=CNc1nc(C(=NOCCOC=O)C(=O)O)cs1. The van der Waals surface area contributed by atoms with Gasteiger partial charge in [-0.25, -0.2) is 9.78 Å². The predicted octanol–water partition coefficient (Wildman–Crippen LogP) is -0.310. The minimum absolute atomic E-state index is 0.0467. The summed E-state index contributed by atoms with van der Waals surface area (Å²) in [6.45, 7) is 0.108. The first-order valence-electron chi connectivity index (χ1n) is 4.83. The van der Waals surface area contributed by atoms with Gasteiger partial charge in [-0.1, -0.05) is 5.16 Å². The smallest absolute Gasteiger partial charge is 0.360 e. The third kappa shape index (κ3) is 4.71. The number of nitrogens with one attached hydrogen (secondary N) is 1. The third-order valence-corrected chi connectivity index (χ3v) is 2.42. The molecule has 0 saturated heterocycles. The normalized spacial score (nSPS) is 10.6. The highest BCUT2D eigenvalue weighted by atomic mass is 32.1. The second-order valence-electron chi connectivity index (χ2n) is 2.85. The van der Waals surface area contributed by atoms with Gasteiger partial charge in [-0.15, -0.1) is 11.3 Å². The Balaban J connectivity index is 2.69. The second kappa shape index (κ2) is 7.76. The number of carboxylic acids is 1. The van der Waals surface area contributed by atoms with Gasteiger partial charge in [-0.3, -0.25) is 9.59 Å². The van der Waals surface area contributed by atoms with Gasteiger partial charge in [0.15, 0.2) is 11.7 Å². The fraction of sp³-hybridized carbons (Fsp3) is 0.222. The molecule has 0 atom stereocenters. The molecule has 10 heteroatoms. The van der Waals surface area contributed by atoms with Gasteiger partial charge in [0.2, 0.25) is 12.1 Å². The van der Waals surface area contributed by atoms with Crippen molar-refractivity contribution < 1.29 is 29.1 Å². The Morgan fingerprint density at radius 3 is 2.95 bits per heavy atom. The van der Waals surface area contributed by atoms with Gasteiger partial charge in [0, 0.05) is 5.38 Å². The average Bonchev–Trinajstić information content (AvgIpc) is 2.82. The Hall–Kier alpha value is -2.49. The Morgan fingerprint density at radius 1 is 1.53 bits per heavy atom. The van der Waals surface area contributed by atoms with Crippen molar-refractivity contribution in [3.8, 4) is 0 Å². The fourth-order valence-electron chi connectivity index (χ4n) is 0.938. The molecule has 0 fully saturated rings. The van der Waals surface area contributed by atoms with E-state index in [4.69, 9.17) is 5.11 Å². The highest BCUT2D eigenvalue weighted by Gasteiger charge is 2.17. The van der Waals surface area contributed by atoms with Crippen LogP contribution in [0.2, 0.25) is 0 Å². The topological polar surface area (TPSA) is 127 Å². The summed E-state index contributed by atoms with van der Waals surface area (Å²) in [6.07, 6.45) is 0.424. The van der Waals surface area contributed by atoms with E-state index in [1.54, 1.807) is 0 Å². The van der Waals surface area contributed by atoms with Crippen LogP contribution in [0.4, 0.5) is 5.13 Å². The molecule has 19 heavy (non-hydrogen) atoms. The van der Waals surface area contributed by atoms with Crippen LogP contribution in [-0.2, 0) is 24.0 Å². The maximum Gasteiger partial charge on any atom is 0.360 e. The first-order chi connectivity index (χ1) is 9.19. The van der Waals surface area contributed by atoms with Gasteiger partial charge in [-0.2, -0.15) is 0 Å². The first kappa shape index (κ1) is 14.6. The summed E-state index contributed by atoms with van der Waals surface area (Å²) in [7, 11) is 0. The van der Waals surface area contributed by atoms with Gasteiger partial charge < -0.3 is 20.0 Å². The van der Waals surface area contributed by atoms with E-state index in [0.29, 0.717) is 6.41 Å². The van der Waals surface area contributed by atoms with Crippen LogP contribution in [0, 0.1) is 0 Å². The Labute approximate surface area is 110 Å². The van der Waals surface area contributed by atoms with Gasteiger partial charge in [0.25, 0.3) is 6.47 Å². The molecule has 1 aromatic rings. The zero-order chi connectivity index (χ0) is 14.1. The number of oxime groups is 1. The van der Waals surface area contributed by atoms with Crippen LogP contribution in [0.3, 0.4) is 0 Å². The maximum atomic E-state index is 11.0. The standard InChI is InChI=1S/C9H9N3O6S/c13-4-10-9-11-6(3-19-9)7(8(15)16)12-18-2-1-17-5-14/h3-5H,1-2H2,(H,15,16)(H,10,11,13). The molecule has 0 spiro atoms. The molecule has 0 aliphatic carbocycles. The summed E-state index contributed by atoms with van der Waals surface area (Å²) in [4.78, 5) is 39.5. The van der Waals surface area contributed by atoms with Gasteiger partial charge in [0.05, 0.1) is 0 Å². The van der Waals surface area contributed by atoms with Crippen LogP contribution < -0.4 is 5.32 Å². The lowest BCUT2D eigenvalue weighted by molar-refractivity contribution is -0.131. The van der Waals surface area contributed by atoms with Gasteiger partial charge in [0.1, 0.15) is 12.3 Å². The summed E-state index contributed by atoms with van der Waals surface area (Å²) in [5, 5.41) is 16.3. The summed E-state index contributed by atoms with van der Waals surface area (Å²) < 4.78 is 4.33. The molecule has 0 unspecified atom stereocenters. The van der Waals surface area contributed by atoms with Crippen molar-refractivity contribution in [2.75, 3.05) is 18.5 Å². The van der Waals surface area contributed by atoms with E-state index in [-0.39, 0.29) is 30.5 Å². The van der Waals surface area contributed by atoms with Crippen molar-refractivity contribution in [1.29, 1.82) is 0 Å². The van der Waals surface area contributed by atoms with Crippen molar-refractivity contribution in [2.24, 2.45) is 5.16 Å². The predicted molar refractivity (Wildman–Crippen MR) is 63.9 cm³/mol. The molecular weight excluding hydrogens is 278 g/mol. The average molecular weight is 287 g/mol. The van der Waals surface area contributed by atoms with Crippen LogP contribution in [0.25, 0.3) is 0 Å². The number of amides is 1. The van der Waals surface area contributed by atoms with Crippen molar-refractivity contribution in [3.63, 3.8) is 0 Å². The zero-order valence-corrected chi connectivity index (χ0v) is 10.3. The van der Waals surface area contributed by atoms with Gasteiger partial charge in [-0.05, 0) is 0 Å². The number of hydrogen-bond acceptors (Lipinski definition) is 8. The molecule has 2 N–H and O–H groups in total. The molecule has 1 amide bonds. The maximum absolute atomic E-state index is 11.0. The number of ether oxygens (including phenoxy) is 1. The van der Waals surface area contributed by atoms with E-state index in [0.717, 1.165) is 11.3 Å². The van der Waals surface area contributed by atoms with Crippen LogP contribution in [-0.4, -0.2) is 47.9 Å². The molecule has 0 radical (unpaired) electrons. The minimum Gasteiger partial charge on any atom is -0.476 e. The number of hydrogen-bond donors (Lipinski definition) is 2. The van der Waals surface area contributed by atoms with E-state index in [1.165, 1.54) is 5.38 Å². The molecule has 1 heterocycles. The lowest BCUT2D eigenvalue weighted by Gasteiger charge is -2.00. The van der Waals surface area contributed by atoms with Crippen LogP contribution in [0.5, 0.6) is 0 Å². The van der Waals surface area contributed by atoms with Crippen LogP contribution in [0.1, 0.15) is 5.69 Å². The van der Waals surface area contributed by atoms with E-state index in [1.807, 2.05) is 0 Å². The molecule has 0 aliphatic rings. The summed E-state index contributed by atoms with van der Waals surface area (Å²) >= 11 is 1.04. The number of aromatic nitrogens is 1. The number of thiazole rings is 1. The highest BCUT2D eigenvalue weighted by Crippen LogP contribution is 2.15. The lowest BCUT2D eigenvalue weighted by Crippen LogP contribution is -2.16. The number of carbonyl (C=O) groups excluding carboxylic acids is 2. The van der Waals surface area contributed by atoms with Crippen LogP contribution >= 0.6 is 11.3 Å². The van der Waals surface area contributed by atoms with Crippen molar-refractivity contribution >= 4 is 41.0 Å². The fourth-order valence-corrected chi connectivity index (χ4v) is 1.59. The lowest BCUT2D eigenvalue weighted by atomic mass is 10.3. The molecule has 0 aromatic carbocycles. The molecule has 0 saturated carbocycles. The second-order valence-corrected chi connectivity index (χ2v) is 3.70. The Morgan fingerprint density at radius 2 is 2.32 bits per heavy atom. The monoisotopic (exact) mass is 287 g/mol. The van der Waals surface area contributed by atoms with E-state index in [2.05, 4.69) is 25.0 Å². The number of anilines is 1. The van der Waals surface area contributed by atoms with Crippen molar-refractivity contribution in [1.82, 2.24) is 4.98 Å². The number of aliphatic carboxylic acids is 1. The summed E-state index contributed by atoms with van der Waals surface area (Å²) in [6, 6.07) is 0. The molecule has 102 valence electrons. The van der Waals surface area contributed by atoms with E-state index < -0.39 is 11.7 Å². The quantitative estimate of drug-likeness (QED) is 0.276. The van der Waals surface area contributed by atoms with E-state index in [9.17, 15) is 14.4 Å². The largest absolute Gasteiger partial charge is 0.476 e. The molecule has 1 rings (SSSR count). The minimum atomic E-state index is -1.33. The number of carbonyl (C=O) groups is 3. The Kier molecular flexibility index (Phi) is 5.95. The van der Waals surface area contributed by atoms with Crippen LogP contribution in [0.15, 0.2) is 10.5 Å². The van der Waals surface area contributed by atoms with Crippen molar-refractivity contribution in [2.45, 2.75) is 0 Å². The molecular formula is C9H9N3O6S. The van der Waals surface area contributed by atoms with Gasteiger partial charge >= 0.3 is 5.97 Å². The summed E-state index contributed by atoms with van der Waals surface area (Å²) in [5.74, 6) is -1.33. The third-order valence-electron chi connectivity index (χ3n) is 1.65. The first-order valence-corrected chi connectivity index (χ1v) is 5.71. The number of carboxylic acid groups (broad SMARTS) is 1. The summed E-state index contributed by atoms with van der Waals surface area (Å²) in [5.41, 5.74) is -0.362. The molecule has 0 aliphatic heterocycles. The highest BCUT2D eigenvalue weighted by molar-refractivity contribution is 7.14. The zero-order valence-electron chi connectivity index (χ0n) is 9.44. The Bertz CT molecular complexity index is 486. The van der Waals surface area contributed by atoms with Crippen molar-refractivity contribution in [3.05, 3.63) is 11.1 Å². The number of nitrogens with zero attached hydrogens (tertiary/aromatic N) is 2.